The largest absolute Gasteiger partial charge is 0.470 e. The Hall–Kier alpha value is -0.460. The Morgan fingerprint density at radius 3 is 1.91 bits per heavy atom. The number of nitrogens with zero attached hydrogens (tertiary/aromatic N) is 1. The van der Waals surface area contributed by atoms with Crippen LogP contribution in [0.4, 0.5) is 0 Å². The second kappa shape index (κ2) is 17.9. The van der Waals surface area contributed by atoms with E-state index in [0.29, 0.717) is 17.4 Å². The zero-order valence-corrected chi connectivity index (χ0v) is 24.1. The number of phosphoric ester groups is 1. The molecule has 3 N–H and O–H groups in total. The maximum absolute atomic E-state index is 12.5. The van der Waals surface area contributed by atoms with Gasteiger partial charge in [-0.1, -0.05) is 90.4 Å². The van der Waals surface area contributed by atoms with Crippen LogP contribution in [0.3, 0.4) is 0 Å². The molecule has 1 aliphatic rings. The first-order chi connectivity index (χ1) is 16.5. The molecule has 1 aliphatic carbocycles. The number of unbranched alkanes of at least 4 members (excludes halogenated alkanes) is 12. The summed E-state index contributed by atoms with van der Waals surface area (Å²) in [6.07, 6.45) is 20.3. The van der Waals surface area contributed by atoms with Gasteiger partial charge in [0.25, 0.3) is 0 Å². The monoisotopic (exact) mass is 519 g/mol. The van der Waals surface area contributed by atoms with Crippen LogP contribution in [0.25, 0.3) is 0 Å². The average molecular weight is 520 g/mol. The van der Waals surface area contributed by atoms with E-state index in [4.69, 9.17) is 4.52 Å². The van der Waals surface area contributed by atoms with Crippen molar-refractivity contribution in [1.29, 1.82) is 0 Å². The zero-order chi connectivity index (χ0) is 26.2. The predicted molar refractivity (Wildman–Crippen MR) is 144 cm³/mol. The second-order valence-electron chi connectivity index (χ2n) is 11.8. The summed E-state index contributed by atoms with van der Waals surface area (Å²) < 4.78 is 17.3. The van der Waals surface area contributed by atoms with E-state index in [1.165, 1.54) is 70.6 Å². The highest BCUT2D eigenvalue weighted by Crippen LogP contribution is 2.42. The van der Waals surface area contributed by atoms with Gasteiger partial charge in [0.2, 0.25) is 5.91 Å². The van der Waals surface area contributed by atoms with Crippen LogP contribution in [0.1, 0.15) is 122 Å². The molecule has 0 aromatic heterocycles. The number of hydrogen-bond acceptors (Lipinski definition) is 3. The Kier molecular flexibility index (Phi) is 16.7. The number of nitrogens with one attached hydrogen (secondary N) is 1. The van der Waals surface area contributed by atoms with Crippen LogP contribution in [0, 0.1) is 5.92 Å². The van der Waals surface area contributed by atoms with Crippen LogP contribution in [0.2, 0.25) is 0 Å². The Balaban J connectivity index is 2.19. The van der Waals surface area contributed by atoms with E-state index in [1.807, 2.05) is 21.1 Å². The molecular formula is C27H56N2O5P+. The summed E-state index contributed by atoms with van der Waals surface area (Å²) in [6, 6.07) is 0.0681. The first-order valence-corrected chi connectivity index (χ1v) is 15.9. The number of carbonyl (C=O) groups excluding carboxylic acids is 1. The van der Waals surface area contributed by atoms with Crippen LogP contribution in [0.5, 0.6) is 0 Å². The van der Waals surface area contributed by atoms with E-state index >= 15 is 0 Å². The molecule has 0 radical (unpaired) electrons. The van der Waals surface area contributed by atoms with E-state index in [1.54, 1.807) is 0 Å². The number of rotatable bonds is 20. The summed E-state index contributed by atoms with van der Waals surface area (Å²) in [5.41, 5.74) is 0. The molecule has 1 amide bonds. The molecule has 35 heavy (non-hydrogen) atoms. The Morgan fingerprint density at radius 1 is 0.914 bits per heavy atom. The minimum absolute atomic E-state index is 0.0374. The van der Waals surface area contributed by atoms with Gasteiger partial charge in [-0.05, 0) is 31.6 Å². The third kappa shape index (κ3) is 18.4. The van der Waals surface area contributed by atoms with Crippen LogP contribution >= 0.6 is 7.82 Å². The van der Waals surface area contributed by atoms with Crippen molar-refractivity contribution in [3.05, 3.63) is 0 Å². The number of quaternary nitrogens is 1. The van der Waals surface area contributed by atoms with Gasteiger partial charge in [-0.15, -0.1) is 0 Å². The Bertz CT molecular complexity index is 605. The van der Waals surface area contributed by atoms with Crippen LogP contribution in [-0.2, 0) is 13.9 Å². The maximum Gasteiger partial charge on any atom is 0.470 e. The molecule has 7 nitrogen and oxygen atoms in total. The van der Waals surface area contributed by atoms with E-state index in [0.717, 1.165) is 38.5 Å². The summed E-state index contributed by atoms with van der Waals surface area (Å²) in [5.74, 6) is 0.146. The smallest absolute Gasteiger partial charge is 0.353 e. The minimum Gasteiger partial charge on any atom is -0.353 e. The molecule has 0 spiro atoms. The molecule has 0 heterocycles. The maximum atomic E-state index is 12.5. The van der Waals surface area contributed by atoms with Gasteiger partial charge in [-0.3, -0.25) is 9.32 Å². The van der Waals surface area contributed by atoms with Gasteiger partial charge >= 0.3 is 7.82 Å². The summed E-state index contributed by atoms with van der Waals surface area (Å²) in [6.45, 7) is 2.78. The third-order valence-corrected chi connectivity index (χ3v) is 7.66. The molecule has 1 saturated carbocycles. The van der Waals surface area contributed by atoms with Gasteiger partial charge in [-0.2, -0.15) is 0 Å². The molecule has 208 valence electrons. The fourth-order valence-corrected chi connectivity index (χ4v) is 5.88. The molecule has 0 aromatic rings. The molecule has 1 rings (SSSR count). The number of hydrogen-bond donors (Lipinski definition) is 3. The fourth-order valence-electron chi connectivity index (χ4n) is 5.28. The molecule has 3 atom stereocenters. The molecule has 3 unspecified atom stereocenters. The Morgan fingerprint density at radius 2 is 1.43 bits per heavy atom. The SMILES string of the molecule is CCCCCCCCCCCCCCCC(=O)NC1CCCC(C(C[N+](C)(C)C)OP(=O)(O)O)C1. The van der Waals surface area contributed by atoms with Crippen molar-refractivity contribution in [2.75, 3.05) is 27.7 Å². The van der Waals surface area contributed by atoms with Crippen molar-refractivity contribution in [3.8, 4) is 0 Å². The minimum atomic E-state index is -4.56. The summed E-state index contributed by atoms with van der Waals surface area (Å²) in [5, 5.41) is 3.18. The number of phosphoric acid groups is 1. The highest BCUT2D eigenvalue weighted by atomic mass is 31.2. The molecule has 0 aromatic carbocycles. The fraction of sp³-hybridized carbons (Fsp3) is 0.963. The average Bonchev–Trinajstić information content (AvgIpc) is 2.75. The summed E-state index contributed by atoms with van der Waals surface area (Å²) in [7, 11) is 1.42. The molecule has 0 aliphatic heterocycles. The quantitative estimate of drug-likeness (QED) is 0.0993. The van der Waals surface area contributed by atoms with Gasteiger partial charge in [0.05, 0.1) is 21.1 Å². The molecule has 8 heteroatoms. The number of amides is 1. The third-order valence-electron chi connectivity index (χ3n) is 7.11. The molecular weight excluding hydrogens is 463 g/mol. The number of carbonyl (C=O) groups is 1. The van der Waals surface area contributed by atoms with Crippen LogP contribution < -0.4 is 5.32 Å². The van der Waals surface area contributed by atoms with E-state index in [9.17, 15) is 19.1 Å². The van der Waals surface area contributed by atoms with E-state index in [2.05, 4.69) is 12.2 Å². The van der Waals surface area contributed by atoms with Gasteiger partial charge in [0.1, 0.15) is 12.6 Å². The van der Waals surface area contributed by atoms with Crippen molar-refractivity contribution in [3.63, 3.8) is 0 Å². The molecule has 1 fully saturated rings. The lowest BCUT2D eigenvalue weighted by atomic mass is 9.82. The van der Waals surface area contributed by atoms with E-state index < -0.39 is 13.9 Å². The first kappa shape index (κ1) is 32.6. The lowest BCUT2D eigenvalue weighted by Gasteiger charge is -2.37. The topological polar surface area (TPSA) is 95.9 Å². The predicted octanol–water partition coefficient (Wildman–Crippen LogP) is 6.33. The standard InChI is InChI=1S/C27H55N2O5P/c1-5-6-7-8-9-10-11-12-13-14-15-16-17-21-27(30)28-25-20-18-19-24(22-25)26(23-29(2,3)4)34-35(31,32)33/h24-26H,5-23H2,1-4H3,(H2-,28,30,31,32,33)/p+1. The summed E-state index contributed by atoms with van der Waals surface area (Å²) in [4.78, 5) is 31.3. The molecule has 0 bridgehead atoms. The number of likely N-dealkylation sites (N-methyl/N-ethyl adjacent to an activating group) is 1. The van der Waals surface area contributed by atoms with Crippen molar-refractivity contribution in [2.24, 2.45) is 5.92 Å². The first-order valence-electron chi connectivity index (χ1n) is 14.3. The van der Waals surface area contributed by atoms with Gasteiger partial charge in [0.15, 0.2) is 0 Å². The van der Waals surface area contributed by atoms with Crippen molar-refractivity contribution in [1.82, 2.24) is 5.32 Å². The zero-order valence-electron chi connectivity index (χ0n) is 23.2. The normalized spacial score (nSPS) is 20.1. The van der Waals surface area contributed by atoms with Crippen LogP contribution in [0.15, 0.2) is 0 Å². The highest BCUT2D eigenvalue weighted by molar-refractivity contribution is 7.46. The van der Waals surface area contributed by atoms with Gasteiger partial charge in [-0.25, -0.2) is 4.57 Å². The van der Waals surface area contributed by atoms with Crippen molar-refractivity contribution < 1.29 is 28.2 Å². The van der Waals surface area contributed by atoms with Gasteiger partial charge < -0.3 is 19.6 Å². The lowest BCUT2D eigenvalue weighted by molar-refractivity contribution is -0.873. The molecule has 0 saturated heterocycles. The highest BCUT2D eigenvalue weighted by Gasteiger charge is 2.36. The van der Waals surface area contributed by atoms with Crippen LogP contribution in [-0.4, -0.2) is 60.0 Å². The Labute approximate surface area is 215 Å². The van der Waals surface area contributed by atoms with Crippen molar-refractivity contribution >= 4 is 13.7 Å². The second-order valence-corrected chi connectivity index (χ2v) is 13.0. The van der Waals surface area contributed by atoms with Crippen molar-refractivity contribution in [2.45, 2.75) is 135 Å². The summed E-state index contributed by atoms with van der Waals surface area (Å²) >= 11 is 0. The van der Waals surface area contributed by atoms with E-state index in [-0.39, 0.29) is 17.9 Å². The lowest BCUT2D eigenvalue weighted by Crippen LogP contribution is -2.48. The van der Waals surface area contributed by atoms with Gasteiger partial charge in [0, 0.05) is 12.5 Å².